The van der Waals surface area contributed by atoms with E-state index in [4.69, 9.17) is 32.7 Å². The predicted octanol–water partition coefficient (Wildman–Crippen LogP) is 5.63. The molecule has 0 N–H and O–H groups in total. The molecule has 0 saturated carbocycles. The first-order chi connectivity index (χ1) is 9.99. The smallest absolute Gasteiger partial charge is 0.138 e. The van der Waals surface area contributed by atoms with E-state index in [-0.39, 0.29) is 5.82 Å². The van der Waals surface area contributed by atoms with Gasteiger partial charge in [-0.3, -0.25) is 0 Å². The molecule has 2 nitrogen and oxygen atoms in total. The minimum absolute atomic E-state index is 0.364. The Morgan fingerprint density at radius 3 is 2.33 bits per heavy atom. The van der Waals surface area contributed by atoms with Gasteiger partial charge in [-0.15, -0.1) is 0 Å². The van der Waals surface area contributed by atoms with Crippen LogP contribution in [0.5, 0.6) is 11.5 Å². The van der Waals surface area contributed by atoms with E-state index in [0.29, 0.717) is 32.7 Å². The number of hydrogen-bond donors (Lipinski definition) is 0. The summed E-state index contributed by atoms with van der Waals surface area (Å²) < 4.78 is 24.5. The number of rotatable bonds is 4. The first-order valence-electron chi connectivity index (χ1n) is 5.99. The highest BCUT2D eigenvalue weighted by atomic mass is 79.9. The Labute approximate surface area is 140 Å². The topological polar surface area (TPSA) is 18.5 Å². The van der Waals surface area contributed by atoms with E-state index in [1.165, 1.54) is 20.3 Å². The summed E-state index contributed by atoms with van der Waals surface area (Å²) in [6, 6.07) is 7.88. The fraction of sp³-hybridized carbons (Fsp3) is 0.200. The van der Waals surface area contributed by atoms with Crippen molar-refractivity contribution in [2.75, 3.05) is 14.2 Å². The van der Waals surface area contributed by atoms with Crippen molar-refractivity contribution in [3.8, 4) is 11.5 Å². The standard InChI is InChI=1S/C15H12BrCl2FO2/c1-20-12-5-3-4-11(19)14(12)15(16)8-6-10(18)13(21-2)7-9(8)17/h3-7,15H,1-2H3. The van der Waals surface area contributed by atoms with Crippen LogP contribution in [0, 0.1) is 5.82 Å². The zero-order chi connectivity index (χ0) is 15.6. The monoisotopic (exact) mass is 392 g/mol. The third-order valence-electron chi connectivity index (χ3n) is 3.03. The van der Waals surface area contributed by atoms with Gasteiger partial charge >= 0.3 is 0 Å². The summed E-state index contributed by atoms with van der Waals surface area (Å²) in [5.74, 6) is 0.504. The molecule has 0 radical (unpaired) electrons. The van der Waals surface area contributed by atoms with Crippen LogP contribution in [0.25, 0.3) is 0 Å². The van der Waals surface area contributed by atoms with Crippen molar-refractivity contribution in [2.24, 2.45) is 0 Å². The number of benzene rings is 2. The lowest BCUT2D eigenvalue weighted by atomic mass is 10.0. The van der Waals surface area contributed by atoms with Crippen LogP contribution in [-0.4, -0.2) is 14.2 Å². The lowest BCUT2D eigenvalue weighted by Gasteiger charge is -2.17. The summed E-state index contributed by atoms with van der Waals surface area (Å²) in [4.78, 5) is -0.496. The van der Waals surface area contributed by atoms with E-state index < -0.39 is 4.83 Å². The zero-order valence-corrected chi connectivity index (χ0v) is 14.4. The van der Waals surface area contributed by atoms with Gasteiger partial charge in [0.25, 0.3) is 0 Å². The Morgan fingerprint density at radius 2 is 1.71 bits per heavy atom. The van der Waals surface area contributed by atoms with Crippen LogP contribution >= 0.6 is 39.1 Å². The Balaban J connectivity index is 2.55. The highest BCUT2D eigenvalue weighted by molar-refractivity contribution is 9.09. The SMILES string of the molecule is COc1cc(Cl)c(C(Br)c2c(F)cccc2OC)cc1Cl. The summed E-state index contributed by atoms with van der Waals surface area (Å²) in [5, 5.41) is 0.820. The molecule has 1 unspecified atom stereocenters. The highest BCUT2D eigenvalue weighted by Crippen LogP contribution is 2.43. The van der Waals surface area contributed by atoms with Gasteiger partial charge in [0.05, 0.1) is 24.1 Å². The second-order valence-corrected chi connectivity index (χ2v) is 5.96. The number of halogens is 4. The molecule has 2 aromatic rings. The fourth-order valence-electron chi connectivity index (χ4n) is 1.99. The summed E-state index contributed by atoms with van der Waals surface area (Å²) in [6.45, 7) is 0. The van der Waals surface area contributed by atoms with Gasteiger partial charge in [0.2, 0.25) is 0 Å². The van der Waals surface area contributed by atoms with Gasteiger partial charge in [-0.2, -0.15) is 0 Å². The number of ether oxygens (including phenoxy) is 2. The molecule has 0 spiro atoms. The summed E-state index contributed by atoms with van der Waals surface area (Å²) >= 11 is 15.8. The van der Waals surface area contributed by atoms with Crippen molar-refractivity contribution in [1.29, 1.82) is 0 Å². The second-order valence-electron chi connectivity index (χ2n) is 4.23. The van der Waals surface area contributed by atoms with Gasteiger partial charge in [0.1, 0.15) is 17.3 Å². The van der Waals surface area contributed by atoms with Crippen molar-refractivity contribution < 1.29 is 13.9 Å². The summed E-state index contributed by atoms with van der Waals surface area (Å²) in [6.07, 6.45) is 0. The van der Waals surface area contributed by atoms with Gasteiger partial charge < -0.3 is 9.47 Å². The predicted molar refractivity (Wildman–Crippen MR) is 86.7 cm³/mol. The first kappa shape index (κ1) is 16.4. The molecule has 1 atom stereocenters. The Hall–Kier alpha value is -0.970. The normalized spacial score (nSPS) is 12.1. The average molecular weight is 394 g/mol. The Bertz CT molecular complexity index is 664. The second kappa shape index (κ2) is 6.86. The Kier molecular flexibility index (Phi) is 5.36. The van der Waals surface area contributed by atoms with Gasteiger partial charge in [0.15, 0.2) is 0 Å². The van der Waals surface area contributed by atoms with E-state index in [1.54, 1.807) is 24.3 Å². The quantitative estimate of drug-likeness (QED) is 0.626. The molecule has 0 aromatic heterocycles. The molecule has 0 aliphatic heterocycles. The van der Waals surface area contributed by atoms with E-state index in [1.807, 2.05) is 0 Å². The number of hydrogen-bond acceptors (Lipinski definition) is 2. The van der Waals surface area contributed by atoms with Gasteiger partial charge in [0, 0.05) is 16.7 Å². The van der Waals surface area contributed by atoms with Crippen LogP contribution in [0.1, 0.15) is 16.0 Å². The number of methoxy groups -OCH3 is 2. The molecule has 6 heteroatoms. The molecule has 0 fully saturated rings. The van der Waals surface area contributed by atoms with E-state index >= 15 is 0 Å². The van der Waals surface area contributed by atoms with E-state index in [0.717, 1.165) is 0 Å². The first-order valence-corrected chi connectivity index (χ1v) is 7.66. The third-order valence-corrected chi connectivity index (χ3v) is 4.60. The third kappa shape index (κ3) is 3.28. The summed E-state index contributed by atoms with van der Waals surface area (Å²) in [5.41, 5.74) is 0.994. The average Bonchev–Trinajstić information content (AvgIpc) is 2.48. The molecular weight excluding hydrogens is 382 g/mol. The van der Waals surface area contributed by atoms with Crippen LogP contribution in [0.3, 0.4) is 0 Å². The maximum absolute atomic E-state index is 14.1. The maximum Gasteiger partial charge on any atom is 0.138 e. The molecule has 0 bridgehead atoms. The van der Waals surface area contributed by atoms with Crippen molar-refractivity contribution in [1.82, 2.24) is 0 Å². The van der Waals surface area contributed by atoms with Crippen LogP contribution in [-0.2, 0) is 0 Å². The summed E-state index contributed by atoms with van der Waals surface area (Å²) in [7, 11) is 2.99. The van der Waals surface area contributed by atoms with Crippen molar-refractivity contribution >= 4 is 39.1 Å². The zero-order valence-electron chi connectivity index (χ0n) is 11.3. The molecular formula is C15H12BrCl2FO2. The molecule has 2 rings (SSSR count). The van der Waals surface area contributed by atoms with Crippen molar-refractivity contribution in [3.63, 3.8) is 0 Å². The molecule has 0 aliphatic rings. The van der Waals surface area contributed by atoms with Gasteiger partial charge in [-0.1, -0.05) is 45.2 Å². The number of alkyl halides is 1. The van der Waals surface area contributed by atoms with Crippen LogP contribution < -0.4 is 9.47 Å². The van der Waals surface area contributed by atoms with Crippen LogP contribution in [0.4, 0.5) is 4.39 Å². The fourth-order valence-corrected chi connectivity index (χ4v) is 3.46. The van der Waals surface area contributed by atoms with Crippen LogP contribution in [0.2, 0.25) is 10.0 Å². The van der Waals surface area contributed by atoms with Gasteiger partial charge in [-0.25, -0.2) is 4.39 Å². The minimum Gasteiger partial charge on any atom is -0.496 e. The Morgan fingerprint density at radius 1 is 1.05 bits per heavy atom. The van der Waals surface area contributed by atoms with Crippen molar-refractivity contribution in [2.45, 2.75) is 4.83 Å². The molecule has 2 aromatic carbocycles. The molecule has 0 amide bonds. The highest BCUT2D eigenvalue weighted by Gasteiger charge is 2.23. The van der Waals surface area contributed by atoms with Gasteiger partial charge in [-0.05, 0) is 23.8 Å². The lowest BCUT2D eigenvalue weighted by molar-refractivity contribution is 0.405. The largest absolute Gasteiger partial charge is 0.496 e. The molecule has 112 valence electrons. The minimum atomic E-state index is -0.496. The molecule has 21 heavy (non-hydrogen) atoms. The molecule has 0 aliphatic carbocycles. The van der Waals surface area contributed by atoms with Crippen LogP contribution in [0.15, 0.2) is 30.3 Å². The maximum atomic E-state index is 14.1. The molecule has 0 saturated heterocycles. The molecule has 0 heterocycles. The van der Waals surface area contributed by atoms with E-state index in [9.17, 15) is 4.39 Å². The van der Waals surface area contributed by atoms with Crippen molar-refractivity contribution in [3.05, 3.63) is 57.3 Å². The lowest BCUT2D eigenvalue weighted by Crippen LogP contribution is -2.01. The van der Waals surface area contributed by atoms with E-state index in [2.05, 4.69) is 15.9 Å².